The largest absolute Gasteiger partial charge is 0.342 e. The maximum absolute atomic E-state index is 12.5. The Bertz CT molecular complexity index is 532. The highest BCUT2D eigenvalue weighted by Crippen LogP contribution is 2.20. The molecule has 6 nitrogen and oxygen atoms in total. The Labute approximate surface area is 127 Å². The zero-order valence-corrected chi connectivity index (χ0v) is 14.5. The van der Waals surface area contributed by atoms with E-state index in [1.165, 1.54) is 4.90 Å². The monoisotopic (exact) mass is 318 g/mol. The van der Waals surface area contributed by atoms with Gasteiger partial charge in [-0.1, -0.05) is 0 Å². The summed E-state index contributed by atoms with van der Waals surface area (Å²) in [5.41, 5.74) is -1.01. The van der Waals surface area contributed by atoms with E-state index in [2.05, 4.69) is 5.32 Å². The molecular weight excluding hydrogens is 292 g/mol. The van der Waals surface area contributed by atoms with E-state index in [4.69, 9.17) is 0 Å². The van der Waals surface area contributed by atoms with Crippen LogP contribution in [0.1, 0.15) is 48.0 Å². The SMILES string of the molecule is CC1CC(=O)NC(C)(C)C(=O)N1CCS(=O)(=O)C(C)(C)C. The first kappa shape index (κ1) is 17.9. The summed E-state index contributed by atoms with van der Waals surface area (Å²) in [6.07, 6.45) is 0.185. The number of hydrogen-bond donors (Lipinski definition) is 1. The van der Waals surface area contributed by atoms with Gasteiger partial charge in [0.2, 0.25) is 11.8 Å². The number of carbonyl (C=O) groups excluding carboxylic acids is 2. The van der Waals surface area contributed by atoms with E-state index < -0.39 is 20.1 Å². The van der Waals surface area contributed by atoms with Crippen LogP contribution in [0.4, 0.5) is 0 Å². The maximum atomic E-state index is 12.5. The van der Waals surface area contributed by atoms with Gasteiger partial charge in [-0.15, -0.1) is 0 Å². The van der Waals surface area contributed by atoms with Crippen LogP contribution in [0.3, 0.4) is 0 Å². The third-order valence-corrected chi connectivity index (χ3v) is 6.38. The van der Waals surface area contributed by atoms with Crippen molar-refractivity contribution in [2.24, 2.45) is 0 Å². The molecule has 122 valence electrons. The molecule has 1 rings (SSSR count). The van der Waals surface area contributed by atoms with Crippen molar-refractivity contribution >= 4 is 21.7 Å². The summed E-state index contributed by atoms with van der Waals surface area (Å²) in [7, 11) is -3.31. The van der Waals surface area contributed by atoms with Crippen LogP contribution in [0.2, 0.25) is 0 Å². The first-order valence-corrected chi connectivity index (χ1v) is 8.77. The molecule has 0 aromatic carbocycles. The van der Waals surface area contributed by atoms with Crippen LogP contribution in [0.15, 0.2) is 0 Å². The fraction of sp³-hybridized carbons (Fsp3) is 0.857. The maximum Gasteiger partial charge on any atom is 0.248 e. The Morgan fingerprint density at radius 3 is 2.29 bits per heavy atom. The average molecular weight is 318 g/mol. The van der Waals surface area contributed by atoms with Gasteiger partial charge in [0.15, 0.2) is 9.84 Å². The standard InChI is InChI=1S/C14H26N2O4S/c1-10-9-11(17)15-14(5,6)12(18)16(10)7-8-21(19,20)13(2,3)4/h10H,7-9H2,1-6H3,(H,15,17). The van der Waals surface area contributed by atoms with Crippen molar-refractivity contribution < 1.29 is 18.0 Å². The fourth-order valence-corrected chi connectivity index (χ4v) is 3.29. The molecule has 1 aliphatic rings. The van der Waals surface area contributed by atoms with Gasteiger partial charge >= 0.3 is 0 Å². The average Bonchev–Trinajstić information content (AvgIpc) is 2.31. The molecule has 1 fully saturated rings. The number of amides is 2. The molecular formula is C14H26N2O4S. The zero-order valence-electron chi connectivity index (χ0n) is 13.7. The van der Waals surface area contributed by atoms with Crippen molar-refractivity contribution in [1.82, 2.24) is 10.2 Å². The number of nitrogens with one attached hydrogen (secondary N) is 1. The quantitative estimate of drug-likeness (QED) is 0.831. The summed E-state index contributed by atoms with van der Waals surface area (Å²) in [5.74, 6) is -0.538. The van der Waals surface area contributed by atoms with E-state index in [9.17, 15) is 18.0 Å². The number of carbonyl (C=O) groups is 2. The molecule has 0 aromatic rings. The molecule has 0 saturated carbocycles. The van der Waals surface area contributed by atoms with Crippen LogP contribution in [-0.4, -0.2) is 53.8 Å². The minimum Gasteiger partial charge on any atom is -0.342 e. The van der Waals surface area contributed by atoms with Gasteiger partial charge < -0.3 is 10.2 Å². The molecule has 1 atom stereocenters. The number of hydrogen-bond acceptors (Lipinski definition) is 4. The van der Waals surface area contributed by atoms with Gasteiger partial charge in [-0.2, -0.15) is 0 Å². The van der Waals surface area contributed by atoms with E-state index in [1.54, 1.807) is 41.5 Å². The van der Waals surface area contributed by atoms with Crippen molar-refractivity contribution in [2.45, 2.75) is 64.3 Å². The van der Waals surface area contributed by atoms with E-state index in [-0.39, 0.29) is 36.6 Å². The predicted molar refractivity (Wildman–Crippen MR) is 81.6 cm³/mol. The highest BCUT2D eigenvalue weighted by molar-refractivity contribution is 7.92. The van der Waals surface area contributed by atoms with Crippen molar-refractivity contribution in [3.8, 4) is 0 Å². The molecule has 1 unspecified atom stereocenters. The van der Waals surface area contributed by atoms with Gasteiger partial charge in [0.25, 0.3) is 0 Å². The summed E-state index contributed by atoms with van der Waals surface area (Å²) in [6.45, 7) is 10.1. The van der Waals surface area contributed by atoms with Gasteiger partial charge in [-0.25, -0.2) is 8.42 Å². The lowest BCUT2D eigenvalue weighted by atomic mass is 10.0. The molecule has 1 heterocycles. The van der Waals surface area contributed by atoms with E-state index in [0.29, 0.717) is 0 Å². The van der Waals surface area contributed by atoms with Gasteiger partial charge in [0.05, 0.1) is 10.5 Å². The van der Waals surface area contributed by atoms with Gasteiger partial charge in [0.1, 0.15) is 5.54 Å². The van der Waals surface area contributed by atoms with Gasteiger partial charge in [-0.3, -0.25) is 9.59 Å². The molecule has 1 saturated heterocycles. The van der Waals surface area contributed by atoms with Gasteiger partial charge in [0, 0.05) is 19.0 Å². The first-order valence-electron chi connectivity index (χ1n) is 7.12. The number of rotatable bonds is 3. The van der Waals surface area contributed by atoms with Crippen molar-refractivity contribution in [1.29, 1.82) is 0 Å². The molecule has 1 aliphatic heterocycles. The second-order valence-corrected chi connectivity index (χ2v) is 10.0. The summed E-state index contributed by atoms with van der Waals surface area (Å²) < 4.78 is 23.5. The highest BCUT2D eigenvalue weighted by atomic mass is 32.2. The molecule has 0 bridgehead atoms. The smallest absolute Gasteiger partial charge is 0.248 e. The minimum atomic E-state index is -3.31. The van der Waals surface area contributed by atoms with Crippen LogP contribution in [0, 0.1) is 0 Å². The molecule has 7 heteroatoms. The second-order valence-electron chi connectivity index (χ2n) is 7.16. The predicted octanol–water partition coefficient (Wildman–Crippen LogP) is 0.715. The van der Waals surface area contributed by atoms with E-state index >= 15 is 0 Å². The van der Waals surface area contributed by atoms with Gasteiger partial charge in [-0.05, 0) is 41.5 Å². The molecule has 0 spiro atoms. The normalized spacial score (nSPS) is 23.7. The molecule has 21 heavy (non-hydrogen) atoms. The van der Waals surface area contributed by atoms with Crippen LogP contribution in [0.5, 0.6) is 0 Å². The molecule has 0 radical (unpaired) electrons. The summed E-state index contributed by atoms with van der Waals surface area (Å²) in [6, 6.07) is -0.311. The molecule has 0 aromatic heterocycles. The first-order chi connectivity index (χ1) is 9.28. The van der Waals surface area contributed by atoms with E-state index in [1.807, 2.05) is 0 Å². The lowest BCUT2D eigenvalue weighted by molar-refractivity contribution is -0.138. The Kier molecular flexibility index (Phi) is 4.77. The summed E-state index contributed by atoms with van der Waals surface area (Å²) in [4.78, 5) is 25.8. The summed E-state index contributed by atoms with van der Waals surface area (Å²) >= 11 is 0. The molecule has 1 N–H and O–H groups in total. The number of sulfone groups is 1. The third-order valence-electron chi connectivity index (χ3n) is 3.79. The van der Waals surface area contributed by atoms with Crippen molar-refractivity contribution in [3.05, 3.63) is 0 Å². The zero-order chi connectivity index (χ0) is 16.6. The number of nitrogens with zero attached hydrogens (tertiary/aromatic N) is 1. The molecule has 0 aliphatic carbocycles. The fourth-order valence-electron chi connectivity index (χ4n) is 2.24. The van der Waals surface area contributed by atoms with E-state index in [0.717, 1.165) is 0 Å². The third kappa shape index (κ3) is 3.96. The molecule has 2 amide bonds. The van der Waals surface area contributed by atoms with Crippen LogP contribution >= 0.6 is 0 Å². The Balaban J connectivity index is 2.95. The van der Waals surface area contributed by atoms with Crippen molar-refractivity contribution in [3.63, 3.8) is 0 Å². The lowest BCUT2D eigenvalue weighted by Crippen LogP contribution is -2.54. The topological polar surface area (TPSA) is 83.6 Å². The van der Waals surface area contributed by atoms with Crippen molar-refractivity contribution in [2.75, 3.05) is 12.3 Å². The van der Waals surface area contributed by atoms with Crippen LogP contribution in [-0.2, 0) is 19.4 Å². The highest BCUT2D eigenvalue weighted by Gasteiger charge is 2.40. The Morgan fingerprint density at radius 1 is 1.29 bits per heavy atom. The Hall–Kier alpha value is -1.11. The Morgan fingerprint density at radius 2 is 1.81 bits per heavy atom. The van der Waals surface area contributed by atoms with Crippen LogP contribution < -0.4 is 5.32 Å². The minimum absolute atomic E-state index is 0.100. The summed E-state index contributed by atoms with van der Waals surface area (Å²) in [5, 5.41) is 2.68. The lowest BCUT2D eigenvalue weighted by Gasteiger charge is -2.32. The second kappa shape index (κ2) is 5.59. The van der Waals surface area contributed by atoms with Crippen LogP contribution in [0.25, 0.3) is 0 Å².